The normalized spacial score (nSPS) is 34.4. The molecular formula is C17H26N2. The number of anilines is 1. The number of rotatable bonds is 2. The summed E-state index contributed by atoms with van der Waals surface area (Å²) < 4.78 is 0. The van der Waals surface area contributed by atoms with Crippen LogP contribution in [-0.4, -0.2) is 18.6 Å². The molecule has 104 valence electrons. The molecule has 0 aromatic heterocycles. The molecule has 2 aliphatic rings. The quantitative estimate of drug-likeness (QED) is 0.882. The van der Waals surface area contributed by atoms with E-state index in [9.17, 15) is 0 Å². The zero-order valence-corrected chi connectivity index (χ0v) is 12.2. The van der Waals surface area contributed by atoms with Crippen molar-refractivity contribution in [3.8, 4) is 0 Å². The second-order valence-electron chi connectivity index (χ2n) is 6.62. The van der Waals surface area contributed by atoms with Crippen molar-refractivity contribution in [2.24, 2.45) is 17.6 Å². The van der Waals surface area contributed by atoms with Crippen LogP contribution in [0.15, 0.2) is 24.3 Å². The summed E-state index contributed by atoms with van der Waals surface area (Å²) in [6.45, 7) is 6.73. The Morgan fingerprint density at radius 3 is 2.84 bits per heavy atom. The first-order chi connectivity index (χ1) is 9.17. The fourth-order valence-electron chi connectivity index (χ4n) is 4.30. The van der Waals surface area contributed by atoms with E-state index in [2.05, 4.69) is 43.0 Å². The van der Waals surface area contributed by atoms with Crippen LogP contribution in [0, 0.1) is 11.8 Å². The molecule has 1 aromatic carbocycles. The first-order valence-electron chi connectivity index (χ1n) is 7.73. The monoisotopic (exact) mass is 258 g/mol. The van der Waals surface area contributed by atoms with Gasteiger partial charge in [0.25, 0.3) is 0 Å². The van der Waals surface area contributed by atoms with Gasteiger partial charge < -0.3 is 10.6 Å². The van der Waals surface area contributed by atoms with Gasteiger partial charge in [-0.3, -0.25) is 0 Å². The van der Waals surface area contributed by atoms with Gasteiger partial charge in [-0.25, -0.2) is 0 Å². The van der Waals surface area contributed by atoms with Gasteiger partial charge in [0, 0.05) is 18.8 Å². The van der Waals surface area contributed by atoms with Crippen LogP contribution in [0.4, 0.5) is 5.69 Å². The minimum atomic E-state index is 0.194. The van der Waals surface area contributed by atoms with Crippen LogP contribution in [0.25, 0.3) is 0 Å². The Labute approximate surface area is 117 Å². The van der Waals surface area contributed by atoms with Gasteiger partial charge in [-0.05, 0) is 49.1 Å². The van der Waals surface area contributed by atoms with Gasteiger partial charge in [-0.1, -0.05) is 32.0 Å². The SMILES string of the molecule is CC1CCC(CN)(N2CCc3ccccc32)C(C)C1. The second kappa shape index (κ2) is 4.82. The minimum Gasteiger partial charge on any atom is -0.364 e. The maximum absolute atomic E-state index is 6.27. The van der Waals surface area contributed by atoms with Crippen molar-refractivity contribution in [1.29, 1.82) is 0 Å². The van der Waals surface area contributed by atoms with Crippen molar-refractivity contribution in [1.82, 2.24) is 0 Å². The zero-order valence-electron chi connectivity index (χ0n) is 12.2. The van der Waals surface area contributed by atoms with Gasteiger partial charge in [0.05, 0.1) is 5.54 Å². The fourth-order valence-corrected chi connectivity index (χ4v) is 4.30. The number of para-hydroxylation sites is 1. The van der Waals surface area contributed by atoms with Crippen molar-refractivity contribution >= 4 is 5.69 Å². The fraction of sp³-hybridized carbons (Fsp3) is 0.647. The molecule has 3 rings (SSSR count). The average Bonchev–Trinajstić information content (AvgIpc) is 2.84. The molecule has 0 radical (unpaired) electrons. The Bertz CT molecular complexity index is 456. The lowest BCUT2D eigenvalue weighted by Crippen LogP contribution is -2.59. The molecule has 3 unspecified atom stereocenters. The van der Waals surface area contributed by atoms with Gasteiger partial charge in [0.2, 0.25) is 0 Å². The van der Waals surface area contributed by atoms with Gasteiger partial charge in [-0.2, -0.15) is 0 Å². The number of hydrogen-bond acceptors (Lipinski definition) is 2. The predicted molar refractivity (Wildman–Crippen MR) is 81.5 cm³/mol. The molecular weight excluding hydrogens is 232 g/mol. The third-order valence-corrected chi connectivity index (χ3v) is 5.52. The molecule has 1 saturated carbocycles. The second-order valence-corrected chi connectivity index (χ2v) is 6.62. The summed E-state index contributed by atoms with van der Waals surface area (Å²) in [5.41, 5.74) is 9.40. The summed E-state index contributed by atoms with van der Waals surface area (Å²) in [4.78, 5) is 2.64. The molecule has 1 fully saturated rings. The van der Waals surface area contributed by atoms with Crippen LogP contribution in [-0.2, 0) is 6.42 Å². The lowest BCUT2D eigenvalue weighted by molar-refractivity contribution is 0.161. The topological polar surface area (TPSA) is 29.3 Å². The Morgan fingerprint density at radius 1 is 1.32 bits per heavy atom. The number of nitrogens with zero attached hydrogens (tertiary/aromatic N) is 1. The van der Waals surface area contributed by atoms with Gasteiger partial charge in [0.15, 0.2) is 0 Å². The van der Waals surface area contributed by atoms with Crippen LogP contribution < -0.4 is 10.6 Å². The largest absolute Gasteiger partial charge is 0.364 e. The highest BCUT2D eigenvalue weighted by atomic mass is 15.2. The van der Waals surface area contributed by atoms with Crippen LogP contribution >= 0.6 is 0 Å². The summed E-state index contributed by atoms with van der Waals surface area (Å²) in [6.07, 6.45) is 5.07. The number of benzene rings is 1. The highest BCUT2D eigenvalue weighted by molar-refractivity contribution is 5.60. The minimum absolute atomic E-state index is 0.194. The summed E-state index contributed by atoms with van der Waals surface area (Å²) in [6, 6.07) is 8.88. The van der Waals surface area contributed by atoms with E-state index in [1.807, 2.05) is 0 Å². The molecule has 0 bridgehead atoms. The first kappa shape index (κ1) is 13.0. The van der Waals surface area contributed by atoms with Gasteiger partial charge in [-0.15, -0.1) is 0 Å². The maximum atomic E-state index is 6.27. The van der Waals surface area contributed by atoms with Crippen LogP contribution in [0.3, 0.4) is 0 Å². The molecule has 0 spiro atoms. The molecule has 1 aromatic rings. The van der Waals surface area contributed by atoms with Gasteiger partial charge in [0.1, 0.15) is 0 Å². The van der Waals surface area contributed by atoms with E-state index in [1.54, 1.807) is 0 Å². The third-order valence-electron chi connectivity index (χ3n) is 5.52. The summed E-state index contributed by atoms with van der Waals surface area (Å²) in [7, 11) is 0. The van der Waals surface area contributed by atoms with Crippen molar-refractivity contribution in [2.45, 2.75) is 45.1 Å². The predicted octanol–water partition coefficient (Wildman–Crippen LogP) is 3.20. The average molecular weight is 258 g/mol. The molecule has 19 heavy (non-hydrogen) atoms. The Morgan fingerprint density at radius 2 is 2.11 bits per heavy atom. The number of hydrogen-bond donors (Lipinski definition) is 1. The van der Waals surface area contributed by atoms with E-state index >= 15 is 0 Å². The zero-order chi connectivity index (χ0) is 13.5. The Hall–Kier alpha value is -1.02. The molecule has 1 heterocycles. The summed E-state index contributed by atoms with van der Waals surface area (Å²) in [5, 5.41) is 0. The maximum Gasteiger partial charge on any atom is 0.0550 e. The molecule has 2 nitrogen and oxygen atoms in total. The van der Waals surface area contributed by atoms with E-state index in [0.29, 0.717) is 5.92 Å². The lowest BCUT2D eigenvalue weighted by atomic mass is 9.69. The van der Waals surface area contributed by atoms with E-state index in [4.69, 9.17) is 5.73 Å². The highest BCUT2D eigenvalue weighted by Crippen LogP contribution is 2.45. The van der Waals surface area contributed by atoms with Crippen LogP contribution in [0.1, 0.15) is 38.7 Å². The molecule has 1 aliphatic heterocycles. The third kappa shape index (κ3) is 1.97. The van der Waals surface area contributed by atoms with E-state index in [-0.39, 0.29) is 5.54 Å². The number of nitrogens with two attached hydrogens (primary N) is 1. The van der Waals surface area contributed by atoms with Crippen molar-refractivity contribution < 1.29 is 0 Å². The molecule has 1 aliphatic carbocycles. The Kier molecular flexibility index (Phi) is 3.30. The Balaban J connectivity index is 1.95. The number of fused-ring (bicyclic) bond motifs is 1. The first-order valence-corrected chi connectivity index (χ1v) is 7.73. The molecule has 0 amide bonds. The van der Waals surface area contributed by atoms with Crippen LogP contribution in [0.5, 0.6) is 0 Å². The molecule has 2 heteroatoms. The van der Waals surface area contributed by atoms with E-state index in [0.717, 1.165) is 19.0 Å². The summed E-state index contributed by atoms with van der Waals surface area (Å²) >= 11 is 0. The molecule has 0 saturated heterocycles. The van der Waals surface area contributed by atoms with E-state index in [1.165, 1.54) is 36.9 Å². The van der Waals surface area contributed by atoms with Crippen LogP contribution in [0.2, 0.25) is 0 Å². The smallest absolute Gasteiger partial charge is 0.0550 e. The molecule has 3 atom stereocenters. The van der Waals surface area contributed by atoms with E-state index < -0.39 is 0 Å². The highest BCUT2D eigenvalue weighted by Gasteiger charge is 2.45. The standard InChI is InChI=1S/C17H26N2/c1-13-7-9-17(12-18,14(2)11-13)19-10-8-15-5-3-4-6-16(15)19/h3-6,13-14H,7-12,18H2,1-2H3. The van der Waals surface area contributed by atoms with Gasteiger partial charge >= 0.3 is 0 Å². The summed E-state index contributed by atoms with van der Waals surface area (Å²) in [5.74, 6) is 1.54. The molecule has 2 N–H and O–H groups in total. The van der Waals surface area contributed by atoms with Crippen molar-refractivity contribution in [3.63, 3.8) is 0 Å². The lowest BCUT2D eigenvalue weighted by Gasteiger charge is -2.51. The van der Waals surface area contributed by atoms with Crippen molar-refractivity contribution in [3.05, 3.63) is 29.8 Å². The van der Waals surface area contributed by atoms with Crippen molar-refractivity contribution in [2.75, 3.05) is 18.0 Å².